The summed E-state index contributed by atoms with van der Waals surface area (Å²) in [6.45, 7) is 5.38. The number of hydrogen-bond donors (Lipinski definition) is 1. The maximum atomic E-state index is 12.1. The molecule has 0 fully saturated rings. The second kappa shape index (κ2) is 7.42. The Labute approximate surface area is 140 Å². The number of anilines is 1. The molecule has 24 heavy (non-hydrogen) atoms. The van der Waals surface area contributed by atoms with Gasteiger partial charge in [0.2, 0.25) is 0 Å². The van der Waals surface area contributed by atoms with Crippen molar-refractivity contribution in [3.8, 4) is 6.07 Å². The monoisotopic (exact) mass is 322 g/mol. The Morgan fingerprint density at radius 2 is 1.75 bits per heavy atom. The molecule has 0 saturated carbocycles. The topological polar surface area (TPSA) is 79.2 Å². The molecule has 0 heterocycles. The molecule has 0 aliphatic heterocycles. The van der Waals surface area contributed by atoms with Gasteiger partial charge in [-0.05, 0) is 68.3 Å². The lowest BCUT2D eigenvalue weighted by Crippen LogP contribution is -2.30. The fourth-order valence-corrected chi connectivity index (χ4v) is 2.02. The maximum Gasteiger partial charge on any atom is 0.338 e. The van der Waals surface area contributed by atoms with E-state index in [1.165, 1.54) is 6.92 Å². The zero-order chi connectivity index (χ0) is 17.7. The Hall–Kier alpha value is -3.13. The number of carbonyl (C=O) groups excluding carboxylic acids is 2. The summed E-state index contributed by atoms with van der Waals surface area (Å²) in [6.07, 6.45) is -0.935. The Morgan fingerprint density at radius 3 is 2.33 bits per heavy atom. The molecule has 2 rings (SSSR count). The van der Waals surface area contributed by atoms with Crippen LogP contribution in [0.15, 0.2) is 42.5 Å². The number of nitriles is 1. The highest BCUT2D eigenvalue weighted by Crippen LogP contribution is 2.13. The van der Waals surface area contributed by atoms with Gasteiger partial charge in [0, 0.05) is 5.69 Å². The van der Waals surface area contributed by atoms with E-state index in [0.29, 0.717) is 16.8 Å². The molecule has 1 N–H and O–H groups in total. The zero-order valence-electron chi connectivity index (χ0n) is 13.8. The SMILES string of the molecule is Cc1ccc(C(=O)O[C@@H](C)C(=O)Nc2ccc(C#N)cc2)cc1C. The number of ether oxygens (including phenoxy) is 1. The zero-order valence-corrected chi connectivity index (χ0v) is 13.8. The van der Waals surface area contributed by atoms with Crippen molar-refractivity contribution >= 4 is 17.6 Å². The fourth-order valence-electron chi connectivity index (χ4n) is 2.02. The molecule has 0 aromatic heterocycles. The Morgan fingerprint density at radius 1 is 1.08 bits per heavy atom. The van der Waals surface area contributed by atoms with Crippen LogP contribution in [0.3, 0.4) is 0 Å². The molecular weight excluding hydrogens is 304 g/mol. The summed E-state index contributed by atoms with van der Waals surface area (Å²) in [4.78, 5) is 24.2. The summed E-state index contributed by atoms with van der Waals surface area (Å²) >= 11 is 0. The van der Waals surface area contributed by atoms with Gasteiger partial charge in [-0.1, -0.05) is 6.07 Å². The van der Waals surface area contributed by atoms with Crippen molar-refractivity contribution in [1.82, 2.24) is 0 Å². The average Bonchev–Trinajstić information content (AvgIpc) is 2.57. The molecule has 5 nitrogen and oxygen atoms in total. The highest BCUT2D eigenvalue weighted by molar-refractivity contribution is 5.97. The molecule has 5 heteroatoms. The minimum Gasteiger partial charge on any atom is -0.449 e. The third-order valence-corrected chi connectivity index (χ3v) is 3.68. The molecule has 2 aromatic rings. The predicted octanol–water partition coefficient (Wildman–Crippen LogP) is 3.36. The lowest BCUT2D eigenvalue weighted by atomic mass is 10.1. The molecule has 2 aromatic carbocycles. The summed E-state index contributed by atoms with van der Waals surface area (Å²) in [6, 6.07) is 13.7. The van der Waals surface area contributed by atoms with E-state index >= 15 is 0 Å². The normalized spacial score (nSPS) is 11.2. The van der Waals surface area contributed by atoms with Crippen molar-refractivity contribution in [2.45, 2.75) is 26.9 Å². The molecular formula is C19H18N2O3. The van der Waals surface area contributed by atoms with Gasteiger partial charge in [0.05, 0.1) is 17.2 Å². The van der Waals surface area contributed by atoms with Crippen molar-refractivity contribution in [2.75, 3.05) is 5.32 Å². The van der Waals surface area contributed by atoms with Crippen LogP contribution in [-0.2, 0) is 9.53 Å². The first-order chi connectivity index (χ1) is 11.4. The highest BCUT2D eigenvalue weighted by atomic mass is 16.5. The van der Waals surface area contributed by atoms with E-state index in [0.717, 1.165) is 11.1 Å². The van der Waals surface area contributed by atoms with Gasteiger partial charge in [0.25, 0.3) is 5.91 Å². The third-order valence-electron chi connectivity index (χ3n) is 3.68. The smallest absolute Gasteiger partial charge is 0.338 e. The second-order valence-corrected chi connectivity index (χ2v) is 5.52. The molecule has 0 aliphatic rings. The molecule has 1 amide bonds. The standard InChI is InChI=1S/C19H18N2O3/c1-12-4-7-16(10-13(12)2)19(23)24-14(3)18(22)21-17-8-5-15(11-20)6-9-17/h4-10,14H,1-3H3,(H,21,22)/t14-/m0/s1. The largest absolute Gasteiger partial charge is 0.449 e. The fraction of sp³-hybridized carbons (Fsp3) is 0.211. The summed E-state index contributed by atoms with van der Waals surface area (Å²) in [5.41, 5.74) is 3.52. The quantitative estimate of drug-likeness (QED) is 0.875. The molecule has 122 valence electrons. The maximum absolute atomic E-state index is 12.1. The van der Waals surface area contributed by atoms with Crippen LogP contribution in [0.25, 0.3) is 0 Å². The Bertz CT molecular complexity index is 804. The van der Waals surface area contributed by atoms with Crippen LogP contribution in [0.2, 0.25) is 0 Å². The van der Waals surface area contributed by atoms with Gasteiger partial charge < -0.3 is 10.1 Å². The molecule has 0 unspecified atom stereocenters. The minimum atomic E-state index is -0.935. The predicted molar refractivity (Wildman–Crippen MR) is 90.6 cm³/mol. The van der Waals surface area contributed by atoms with E-state index in [4.69, 9.17) is 10.00 Å². The van der Waals surface area contributed by atoms with Gasteiger partial charge >= 0.3 is 5.97 Å². The number of aryl methyl sites for hydroxylation is 2. The minimum absolute atomic E-state index is 0.413. The lowest BCUT2D eigenvalue weighted by Gasteiger charge is -2.14. The number of nitrogens with zero attached hydrogens (tertiary/aromatic N) is 1. The molecule has 0 bridgehead atoms. The summed E-state index contributed by atoms with van der Waals surface area (Å²) in [5, 5.41) is 11.4. The van der Waals surface area contributed by atoms with Crippen LogP contribution in [0.1, 0.15) is 34.0 Å². The van der Waals surface area contributed by atoms with E-state index in [2.05, 4.69) is 5.32 Å². The molecule has 0 spiro atoms. The first kappa shape index (κ1) is 17.2. The van der Waals surface area contributed by atoms with E-state index in [-0.39, 0.29) is 0 Å². The van der Waals surface area contributed by atoms with Crippen LogP contribution < -0.4 is 5.32 Å². The summed E-state index contributed by atoms with van der Waals surface area (Å²) < 4.78 is 5.21. The molecule has 0 saturated heterocycles. The van der Waals surface area contributed by atoms with E-state index < -0.39 is 18.0 Å². The number of carbonyl (C=O) groups is 2. The second-order valence-electron chi connectivity index (χ2n) is 5.52. The first-order valence-corrected chi connectivity index (χ1v) is 7.50. The van der Waals surface area contributed by atoms with Gasteiger partial charge in [-0.15, -0.1) is 0 Å². The van der Waals surface area contributed by atoms with Crippen LogP contribution in [0.5, 0.6) is 0 Å². The number of nitrogens with one attached hydrogen (secondary N) is 1. The van der Waals surface area contributed by atoms with Crippen molar-refractivity contribution in [3.63, 3.8) is 0 Å². The van der Waals surface area contributed by atoms with Crippen LogP contribution in [0, 0.1) is 25.2 Å². The Kier molecular flexibility index (Phi) is 5.33. The van der Waals surface area contributed by atoms with Crippen molar-refractivity contribution in [2.24, 2.45) is 0 Å². The number of esters is 1. The first-order valence-electron chi connectivity index (χ1n) is 7.50. The van der Waals surface area contributed by atoms with Gasteiger partial charge in [-0.25, -0.2) is 4.79 Å². The van der Waals surface area contributed by atoms with Crippen molar-refractivity contribution in [1.29, 1.82) is 5.26 Å². The van der Waals surface area contributed by atoms with Crippen molar-refractivity contribution in [3.05, 3.63) is 64.7 Å². The number of hydrogen-bond acceptors (Lipinski definition) is 4. The summed E-state index contributed by atoms with van der Waals surface area (Å²) in [5.74, 6) is -0.975. The van der Waals surface area contributed by atoms with E-state index in [9.17, 15) is 9.59 Å². The Balaban J connectivity index is 1.98. The van der Waals surface area contributed by atoms with Gasteiger partial charge in [0.15, 0.2) is 6.10 Å². The van der Waals surface area contributed by atoms with Crippen LogP contribution in [0.4, 0.5) is 5.69 Å². The van der Waals surface area contributed by atoms with Crippen molar-refractivity contribution < 1.29 is 14.3 Å². The number of benzene rings is 2. The average molecular weight is 322 g/mol. The lowest BCUT2D eigenvalue weighted by molar-refractivity contribution is -0.123. The summed E-state index contributed by atoms with van der Waals surface area (Å²) in [7, 11) is 0. The third kappa shape index (κ3) is 4.20. The van der Waals surface area contributed by atoms with Crippen LogP contribution >= 0.6 is 0 Å². The van der Waals surface area contributed by atoms with Crippen LogP contribution in [-0.4, -0.2) is 18.0 Å². The number of rotatable bonds is 4. The molecule has 1 atom stereocenters. The molecule has 0 radical (unpaired) electrons. The molecule has 0 aliphatic carbocycles. The van der Waals surface area contributed by atoms with E-state index in [1.54, 1.807) is 36.4 Å². The highest BCUT2D eigenvalue weighted by Gasteiger charge is 2.19. The number of amides is 1. The van der Waals surface area contributed by atoms with Gasteiger partial charge in [-0.3, -0.25) is 4.79 Å². The van der Waals surface area contributed by atoms with Gasteiger partial charge in [0.1, 0.15) is 0 Å². The van der Waals surface area contributed by atoms with Gasteiger partial charge in [-0.2, -0.15) is 5.26 Å². The van der Waals surface area contributed by atoms with E-state index in [1.807, 2.05) is 26.0 Å².